The summed E-state index contributed by atoms with van der Waals surface area (Å²) in [6.45, 7) is 0.300. The Labute approximate surface area is 111 Å². The Morgan fingerprint density at radius 2 is 1.63 bits per heavy atom. The van der Waals surface area contributed by atoms with Gasteiger partial charge in [-0.3, -0.25) is 4.79 Å². The van der Waals surface area contributed by atoms with Crippen molar-refractivity contribution in [3.8, 4) is 11.1 Å². The highest BCUT2D eigenvalue weighted by Gasteiger charge is 2.13. The first-order valence-electron chi connectivity index (χ1n) is 6.07. The summed E-state index contributed by atoms with van der Waals surface area (Å²) in [5.41, 5.74) is 5.70. The fraction of sp³-hybridized carbons (Fsp3) is 0.0667. The van der Waals surface area contributed by atoms with Crippen molar-refractivity contribution in [2.24, 2.45) is 5.10 Å². The predicted molar refractivity (Wildman–Crippen MR) is 75.9 cm³/mol. The molecule has 0 bridgehead atoms. The Morgan fingerprint density at radius 3 is 2.32 bits per heavy atom. The van der Waals surface area contributed by atoms with Crippen molar-refractivity contribution in [3.05, 3.63) is 54.6 Å². The molecule has 0 radical (unpaired) electrons. The molecule has 1 aliphatic rings. The topological polar surface area (TPSA) is 44.7 Å². The van der Waals surface area contributed by atoms with Gasteiger partial charge in [-0.05, 0) is 23.3 Å². The van der Waals surface area contributed by atoms with Gasteiger partial charge in [-0.2, -0.15) is 5.10 Å². The Balaban J connectivity index is 1.85. The van der Waals surface area contributed by atoms with Crippen LogP contribution in [0.2, 0.25) is 0 Å². The maximum absolute atomic E-state index is 11.3. The molecule has 4 nitrogen and oxygen atoms in total. The molecule has 1 amide bonds. The lowest BCUT2D eigenvalue weighted by Crippen LogP contribution is -2.39. The van der Waals surface area contributed by atoms with Gasteiger partial charge in [0.25, 0.3) is 5.91 Å². The van der Waals surface area contributed by atoms with E-state index in [0.29, 0.717) is 6.54 Å². The number of hydrogen-bond acceptors (Lipinski definition) is 3. The van der Waals surface area contributed by atoms with Crippen LogP contribution in [-0.2, 0) is 4.79 Å². The van der Waals surface area contributed by atoms with Gasteiger partial charge in [0.1, 0.15) is 12.9 Å². The number of amides is 1. The molecular weight excluding hydrogens is 238 g/mol. The number of carbonyl (C=O) groups is 1. The van der Waals surface area contributed by atoms with Gasteiger partial charge in [0.15, 0.2) is 0 Å². The van der Waals surface area contributed by atoms with Crippen LogP contribution in [0.25, 0.3) is 11.1 Å². The molecule has 1 heterocycles. The van der Waals surface area contributed by atoms with Crippen LogP contribution in [0.1, 0.15) is 0 Å². The Bertz CT molecular complexity index is 605. The Morgan fingerprint density at radius 1 is 0.947 bits per heavy atom. The fourth-order valence-corrected chi connectivity index (χ4v) is 2.04. The minimum Gasteiger partial charge on any atom is -0.321 e. The van der Waals surface area contributed by atoms with Crippen LogP contribution >= 0.6 is 0 Å². The lowest BCUT2D eigenvalue weighted by atomic mass is 10.1. The lowest BCUT2D eigenvalue weighted by molar-refractivity contribution is -0.119. The van der Waals surface area contributed by atoms with E-state index in [1.807, 2.05) is 47.4 Å². The number of nitrogens with zero attached hydrogens (tertiary/aromatic N) is 2. The summed E-state index contributed by atoms with van der Waals surface area (Å²) in [6, 6.07) is 18.3. The predicted octanol–water partition coefficient (Wildman–Crippen LogP) is 2.23. The van der Waals surface area contributed by atoms with Crippen molar-refractivity contribution < 1.29 is 4.79 Å². The maximum atomic E-state index is 11.3. The van der Waals surface area contributed by atoms with E-state index in [0.717, 1.165) is 11.3 Å². The molecule has 1 N–H and O–H groups in total. The number of rotatable bonds is 2. The summed E-state index contributed by atoms with van der Waals surface area (Å²) in [7, 11) is 0. The van der Waals surface area contributed by atoms with Crippen molar-refractivity contribution in [1.29, 1.82) is 0 Å². The molecule has 0 spiro atoms. The molecule has 94 valence electrons. The maximum Gasteiger partial charge on any atom is 0.260 e. The molecule has 0 saturated heterocycles. The zero-order chi connectivity index (χ0) is 13.1. The average molecular weight is 251 g/mol. The summed E-state index contributed by atoms with van der Waals surface area (Å²) in [5.74, 6) is -0.102. The lowest BCUT2D eigenvalue weighted by Gasteiger charge is -2.21. The fourth-order valence-electron chi connectivity index (χ4n) is 2.04. The smallest absolute Gasteiger partial charge is 0.260 e. The van der Waals surface area contributed by atoms with E-state index in [2.05, 4.69) is 22.7 Å². The van der Waals surface area contributed by atoms with Crippen molar-refractivity contribution in [2.75, 3.05) is 11.4 Å². The molecule has 0 atom stereocenters. The first kappa shape index (κ1) is 11.5. The number of nitrogens with one attached hydrogen (secondary N) is 1. The summed E-state index contributed by atoms with van der Waals surface area (Å²) in [4.78, 5) is 13.1. The highest BCUT2D eigenvalue weighted by atomic mass is 16.2. The van der Waals surface area contributed by atoms with Gasteiger partial charge in [0.05, 0.1) is 0 Å². The monoisotopic (exact) mass is 251 g/mol. The highest BCUT2D eigenvalue weighted by Crippen LogP contribution is 2.22. The third-order valence-corrected chi connectivity index (χ3v) is 3.01. The summed E-state index contributed by atoms with van der Waals surface area (Å²) >= 11 is 0. The van der Waals surface area contributed by atoms with E-state index in [9.17, 15) is 4.79 Å². The standard InChI is InChI=1S/C15H13N3O/c19-15-10-18(11-16-17-15)14-8-6-13(7-9-14)12-4-2-1-3-5-12/h1-9,11H,10H2,(H,17,19). The van der Waals surface area contributed by atoms with Crippen LogP contribution in [0.15, 0.2) is 59.7 Å². The largest absolute Gasteiger partial charge is 0.321 e. The molecule has 0 aromatic heterocycles. The molecule has 0 aliphatic carbocycles. The number of hydrazone groups is 1. The second-order valence-corrected chi connectivity index (χ2v) is 4.32. The van der Waals surface area contributed by atoms with Crippen LogP contribution < -0.4 is 10.3 Å². The molecular formula is C15H13N3O. The minimum absolute atomic E-state index is 0.102. The number of benzene rings is 2. The van der Waals surface area contributed by atoms with E-state index < -0.39 is 0 Å². The van der Waals surface area contributed by atoms with Crippen LogP contribution in [0, 0.1) is 0 Å². The zero-order valence-corrected chi connectivity index (χ0v) is 10.3. The van der Waals surface area contributed by atoms with Gasteiger partial charge >= 0.3 is 0 Å². The highest BCUT2D eigenvalue weighted by molar-refractivity contribution is 5.93. The third-order valence-electron chi connectivity index (χ3n) is 3.01. The van der Waals surface area contributed by atoms with Crippen LogP contribution in [0.5, 0.6) is 0 Å². The molecule has 3 rings (SSSR count). The Kier molecular flexibility index (Phi) is 2.98. The van der Waals surface area contributed by atoms with Crippen LogP contribution in [0.4, 0.5) is 5.69 Å². The van der Waals surface area contributed by atoms with Gasteiger partial charge in [0.2, 0.25) is 0 Å². The zero-order valence-electron chi connectivity index (χ0n) is 10.3. The first-order valence-corrected chi connectivity index (χ1v) is 6.07. The van der Waals surface area contributed by atoms with E-state index in [-0.39, 0.29) is 5.91 Å². The summed E-state index contributed by atoms with van der Waals surface area (Å²) in [5, 5.41) is 3.80. The molecule has 2 aromatic carbocycles. The molecule has 19 heavy (non-hydrogen) atoms. The van der Waals surface area contributed by atoms with Crippen molar-refractivity contribution >= 4 is 17.9 Å². The van der Waals surface area contributed by atoms with Gasteiger partial charge in [-0.25, -0.2) is 5.43 Å². The van der Waals surface area contributed by atoms with Gasteiger partial charge < -0.3 is 4.90 Å². The first-order chi connectivity index (χ1) is 9.33. The van der Waals surface area contributed by atoms with Crippen molar-refractivity contribution in [1.82, 2.24) is 5.43 Å². The summed E-state index contributed by atoms with van der Waals surface area (Å²) in [6.07, 6.45) is 1.62. The van der Waals surface area contributed by atoms with E-state index in [1.165, 1.54) is 5.56 Å². The molecule has 0 saturated carbocycles. The number of anilines is 1. The second-order valence-electron chi connectivity index (χ2n) is 4.32. The Hall–Kier alpha value is -2.62. The van der Waals surface area contributed by atoms with Gasteiger partial charge in [0, 0.05) is 5.69 Å². The molecule has 4 heteroatoms. The van der Waals surface area contributed by atoms with E-state index in [4.69, 9.17) is 0 Å². The number of hydrogen-bond donors (Lipinski definition) is 1. The summed E-state index contributed by atoms with van der Waals surface area (Å²) < 4.78 is 0. The minimum atomic E-state index is -0.102. The average Bonchev–Trinajstić information content (AvgIpc) is 2.48. The molecule has 0 unspecified atom stereocenters. The van der Waals surface area contributed by atoms with Gasteiger partial charge in [-0.1, -0.05) is 42.5 Å². The van der Waals surface area contributed by atoms with Crippen molar-refractivity contribution in [2.45, 2.75) is 0 Å². The molecule has 1 aliphatic heterocycles. The normalized spacial score (nSPS) is 14.3. The molecule has 2 aromatic rings. The van der Waals surface area contributed by atoms with Crippen molar-refractivity contribution in [3.63, 3.8) is 0 Å². The third kappa shape index (κ3) is 2.47. The SMILES string of the molecule is O=C1CN(c2ccc(-c3ccccc3)cc2)C=NN1. The quantitative estimate of drug-likeness (QED) is 0.889. The number of carbonyl (C=O) groups excluding carboxylic acids is 1. The van der Waals surface area contributed by atoms with Crippen LogP contribution in [-0.4, -0.2) is 18.8 Å². The second kappa shape index (κ2) is 4.94. The molecule has 0 fully saturated rings. The van der Waals surface area contributed by atoms with Gasteiger partial charge in [-0.15, -0.1) is 0 Å². The van der Waals surface area contributed by atoms with Crippen LogP contribution in [0.3, 0.4) is 0 Å². The van der Waals surface area contributed by atoms with E-state index >= 15 is 0 Å². The van der Waals surface area contributed by atoms with E-state index in [1.54, 1.807) is 6.34 Å².